The first-order chi connectivity index (χ1) is 7.56. The van der Waals surface area contributed by atoms with Crippen LogP contribution in [0.4, 0.5) is 0 Å². The van der Waals surface area contributed by atoms with Crippen LogP contribution in [0.15, 0.2) is 0 Å². The molecule has 5 heteroatoms. The Morgan fingerprint density at radius 2 is 2.18 bits per heavy atom. The summed E-state index contributed by atoms with van der Waals surface area (Å²) in [6.45, 7) is 6.71. The van der Waals surface area contributed by atoms with Crippen molar-refractivity contribution < 1.29 is 4.79 Å². The second-order valence-corrected chi connectivity index (χ2v) is 4.92. The van der Waals surface area contributed by atoms with Crippen LogP contribution in [0.3, 0.4) is 0 Å². The highest BCUT2D eigenvalue weighted by Gasteiger charge is 2.26. The molecule has 0 aromatic carbocycles. The zero-order chi connectivity index (χ0) is 12.1. The second kappa shape index (κ2) is 7.90. The van der Waals surface area contributed by atoms with E-state index in [0.29, 0.717) is 12.6 Å². The van der Waals surface area contributed by atoms with Crippen molar-refractivity contribution in [3.63, 3.8) is 0 Å². The van der Waals surface area contributed by atoms with E-state index in [1.165, 1.54) is 12.8 Å². The second-order valence-electron chi connectivity index (χ2n) is 4.92. The molecule has 1 atom stereocenters. The molecule has 1 N–H and O–H groups in total. The Kier molecular flexibility index (Phi) is 7.75. The van der Waals surface area contributed by atoms with Crippen LogP contribution in [-0.4, -0.2) is 61.5 Å². The van der Waals surface area contributed by atoms with Crippen molar-refractivity contribution in [2.24, 2.45) is 0 Å². The number of nitrogens with zero attached hydrogens (tertiary/aromatic N) is 2. The average molecular weight is 264 g/mol. The smallest absolute Gasteiger partial charge is 0.236 e. The number of hydrogen-bond donors (Lipinski definition) is 1. The van der Waals surface area contributed by atoms with Crippen LogP contribution in [0.25, 0.3) is 0 Å². The molecule has 0 aromatic heterocycles. The predicted molar refractivity (Wildman–Crippen MR) is 73.7 cm³/mol. The summed E-state index contributed by atoms with van der Waals surface area (Å²) >= 11 is 0. The van der Waals surface area contributed by atoms with Crippen molar-refractivity contribution in [2.75, 3.05) is 33.7 Å². The fraction of sp³-hybridized carbons (Fsp3) is 0.917. The average Bonchev–Trinajstić information content (AvgIpc) is 2.65. The molecular weight excluding hydrogens is 238 g/mol. The molecule has 0 saturated carbocycles. The number of likely N-dealkylation sites (N-methyl/N-ethyl adjacent to an activating group) is 2. The molecule has 1 unspecified atom stereocenters. The van der Waals surface area contributed by atoms with Gasteiger partial charge in [-0.1, -0.05) is 0 Å². The summed E-state index contributed by atoms with van der Waals surface area (Å²) in [4.78, 5) is 16.1. The first-order valence-corrected chi connectivity index (χ1v) is 6.20. The maximum atomic E-state index is 12.0. The molecule has 17 heavy (non-hydrogen) atoms. The van der Waals surface area contributed by atoms with Crippen LogP contribution in [0, 0.1) is 0 Å². The number of amides is 1. The lowest BCUT2D eigenvalue weighted by molar-refractivity contribution is -0.132. The molecule has 1 heterocycles. The molecule has 1 amide bonds. The van der Waals surface area contributed by atoms with E-state index < -0.39 is 0 Å². The van der Waals surface area contributed by atoms with Crippen LogP contribution >= 0.6 is 12.4 Å². The summed E-state index contributed by atoms with van der Waals surface area (Å²) in [7, 11) is 3.86. The van der Waals surface area contributed by atoms with E-state index in [0.717, 1.165) is 13.1 Å². The third kappa shape index (κ3) is 4.82. The molecule has 102 valence electrons. The van der Waals surface area contributed by atoms with Crippen molar-refractivity contribution >= 4 is 18.3 Å². The van der Waals surface area contributed by atoms with Gasteiger partial charge < -0.3 is 10.2 Å². The van der Waals surface area contributed by atoms with E-state index >= 15 is 0 Å². The van der Waals surface area contributed by atoms with Crippen LogP contribution in [0.5, 0.6) is 0 Å². The van der Waals surface area contributed by atoms with E-state index in [-0.39, 0.29) is 24.4 Å². The normalized spacial score (nSPS) is 20.4. The molecule has 0 radical (unpaired) electrons. The Hall–Kier alpha value is -0.320. The molecule has 1 saturated heterocycles. The molecule has 0 spiro atoms. The van der Waals surface area contributed by atoms with Crippen molar-refractivity contribution in [3.8, 4) is 0 Å². The van der Waals surface area contributed by atoms with Gasteiger partial charge in [-0.2, -0.15) is 0 Å². The van der Waals surface area contributed by atoms with E-state index in [4.69, 9.17) is 0 Å². The quantitative estimate of drug-likeness (QED) is 0.803. The Bertz CT molecular complexity index is 236. The molecule has 0 aliphatic carbocycles. The first-order valence-electron chi connectivity index (χ1n) is 6.20. The molecule has 0 aromatic rings. The number of likely N-dealkylation sites (tertiary alicyclic amines) is 1. The number of halogens is 1. The molecule has 1 fully saturated rings. The molecular formula is C12H26ClN3O. The maximum Gasteiger partial charge on any atom is 0.236 e. The van der Waals surface area contributed by atoms with Gasteiger partial charge in [0.2, 0.25) is 5.91 Å². The van der Waals surface area contributed by atoms with E-state index in [9.17, 15) is 4.79 Å². The SMILES string of the molecule is CNCC1CCCN1CC(=O)N(C)C(C)C.Cl. The monoisotopic (exact) mass is 263 g/mol. The Balaban J connectivity index is 0.00000256. The largest absolute Gasteiger partial charge is 0.342 e. The zero-order valence-electron chi connectivity index (χ0n) is 11.4. The molecule has 1 aliphatic heterocycles. The molecule has 4 nitrogen and oxygen atoms in total. The standard InChI is InChI=1S/C12H25N3O.ClH/c1-10(2)14(4)12(16)9-15-7-5-6-11(15)8-13-3;/h10-11,13H,5-9H2,1-4H3;1H. The number of nitrogens with one attached hydrogen (secondary N) is 1. The Morgan fingerprint density at radius 3 is 2.71 bits per heavy atom. The predicted octanol–water partition coefficient (Wildman–Crippen LogP) is 0.959. The van der Waals surface area contributed by atoms with Gasteiger partial charge in [0.05, 0.1) is 6.54 Å². The van der Waals surface area contributed by atoms with Gasteiger partial charge in [-0.15, -0.1) is 12.4 Å². The Labute approximate surface area is 111 Å². The van der Waals surface area contributed by atoms with Gasteiger partial charge in [0, 0.05) is 25.7 Å². The van der Waals surface area contributed by atoms with Crippen molar-refractivity contribution in [1.82, 2.24) is 15.1 Å². The third-order valence-electron chi connectivity index (χ3n) is 3.45. The van der Waals surface area contributed by atoms with Gasteiger partial charge in [-0.25, -0.2) is 0 Å². The van der Waals surface area contributed by atoms with Gasteiger partial charge in [0.25, 0.3) is 0 Å². The lowest BCUT2D eigenvalue weighted by Crippen LogP contribution is -2.45. The number of hydrogen-bond acceptors (Lipinski definition) is 3. The minimum atomic E-state index is 0. The fourth-order valence-electron chi connectivity index (χ4n) is 2.14. The zero-order valence-corrected chi connectivity index (χ0v) is 12.2. The highest BCUT2D eigenvalue weighted by Crippen LogP contribution is 2.16. The van der Waals surface area contributed by atoms with Gasteiger partial charge >= 0.3 is 0 Å². The topological polar surface area (TPSA) is 35.6 Å². The van der Waals surface area contributed by atoms with Gasteiger partial charge in [0.1, 0.15) is 0 Å². The fourth-order valence-corrected chi connectivity index (χ4v) is 2.14. The molecule has 1 rings (SSSR count). The van der Waals surface area contributed by atoms with Crippen LogP contribution in [-0.2, 0) is 4.79 Å². The van der Waals surface area contributed by atoms with Gasteiger partial charge in [0.15, 0.2) is 0 Å². The minimum absolute atomic E-state index is 0. The summed E-state index contributed by atoms with van der Waals surface area (Å²) < 4.78 is 0. The van der Waals surface area contributed by atoms with Gasteiger partial charge in [-0.05, 0) is 40.3 Å². The summed E-state index contributed by atoms with van der Waals surface area (Å²) in [5, 5.41) is 3.20. The highest BCUT2D eigenvalue weighted by atomic mass is 35.5. The highest BCUT2D eigenvalue weighted by molar-refractivity contribution is 5.85. The minimum Gasteiger partial charge on any atom is -0.342 e. The lowest BCUT2D eigenvalue weighted by atomic mass is 10.2. The molecule has 1 aliphatic rings. The summed E-state index contributed by atoms with van der Waals surface area (Å²) in [5.41, 5.74) is 0. The van der Waals surface area contributed by atoms with E-state index in [1.807, 2.05) is 32.8 Å². The van der Waals surface area contributed by atoms with Gasteiger partial charge in [-0.3, -0.25) is 9.69 Å². The van der Waals surface area contributed by atoms with E-state index in [2.05, 4.69) is 10.2 Å². The van der Waals surface area contributed by atoms with Crippen LogP contribution in [0.2, 0.25) is 0 Å². The number of carbonyl (C=O) groups excluding carboxylic acids is 1. The summed E-state index contributed by atoms with van der Waals surface area (Å²) in [5.74, 6) is 0.234. The number of rotatable bonds is 5. The number of carbonyl (C=O) groups is 1. The Morgan fingerprint density at radius 1 is 1.53 bits per heavy atom. The van der Waals surface area contributed by atoms with Crippen LogP contribution < -0.4 is 5.32 Å². The summed E-state index contributed by atoms with van der Waals surface area (Å²) in [6.07, 6.45) is 2.42. The van der Waals surface area contributed by atoms with Crippen molar-refractivity contribution in [1.29, 1.82) is 0 Å². The van der Waals surface area contributed by atoms with Crippen molar-refractivity contribution in [2.45, 2.75) is 38.8 Å². The third-order valence-corrected chi connectivity index (χ3v) is 3.45. The van der Waals surface area contributed by atoms with Crippen molar-refractivity contribution in [3.05, 3.63) is 0 Å². The lowest BCUT2D eigenvalue weighted by Gasteiger charge is -2.28. The van der Waals surface area contributed by atoms with Crippen LogP contribution in [0.1, 0.15) is 26.7 Å². The maximum absolute atomic E-state index is 12.0. The first kappa shape index (κ1) is 16.7. The summed E-state index contributed by atoms with van der Waals surface area (Å²) in [6, 6.07) is 0.826. The molecule has 0 bridgehead atoms. The van der Waals surface area contributed by atoms with E-state index in [1.54, 1.807) is 0 Å².